The van der Waals surface area contributed by atoms with Gasteiger partial charge in [0.25, 0.3) is 16.0 Å². The van der Waals surface area contributed by atoms with E-state index < -0.39 is 21.8 Å². The first kappa shape index (κ1) is 34.8. The Morgan fingerprint density at radius 1 is 0.771 bits per heavy atom. The monoisotopic (exact) mass is 664 g/mol. The fourth-order valence-corrected chi connectivity index (χ4v) is 6.00. The van der Waals surface area contributed by atoms with Crippen LogP contribution in [0.25, 0.3) is 22.5 Å². The van der Waals surface area contributed by atoms with Crippen LogP contribution in [-0.4, -0.2) is 36.3 Å². The zero-order valence-electron chi connectivity index (χ0n) is 28.4. The van der Waals surface area contributed by atoms with Crippen molar-refractivity contribution in [3.8, 4) is 22.5 Å². The molecular formula is C40H44N2O5S. The predicted octanol–water partition coefficient (Wildman–Crippen LogP) is 8.60. The average Bonchev–Trinajstić information content (AvgIpc) is 3.53. The van der Waals surface area contributed by atoms with Crippen molar-refractivity contribution in [2.75, 3.05) is 12.3 Å². The Morgan fingerprint density at radius 2 is 1.35 bits per heavy atom. The normalized spacial score (nSPS) is 12.9. The minimum absolute atomic E-state index is 0.0188. The lowest BCUT2D eigenvalue weighted by atomic mass is 9.83. The van der Waals surface area contributed by atoms with Gasteiger partial charge < -0.3 is 9.84 Å². The lowest BCUT2D eigenvalue weighted by Crippen LogP contribution is -2.28. The first-order valence-corrected chi connectivity index (χ1v) is 17.8. The van der Waals surface area contributed by atoms with Crippen molar-refractivity contribution in [2.45, 2.75) is 64.7 Å². The number of nitrogens with one attached hydrogen (secondary N) is 1. The van der Waals surface area contributed by atoms with Gasteiger partial charge in [0.05, 0.1) is 11.4 Å². The Hall–Kier alpha value is -4.53. The molecule has 2 N–H and O–H groups in total. The van der Waals surface area contributed by atoms with E-state index in [-0.39, 0.29) is 23.3 Å². The summed E-state index contributed by atoms with van der Waals surface area (Å²) in [5.74, 6) is -0.375. The molecule has 8 heteroatoms. The van der Waals surface area contributed by atoms with Gasteiger partial charge in [0, 0.05) is 29.7 Å². The smallest absolute Gasteiger partial charge is 0.266 e. The van der Waals surface area contributed by atoms with Gasteiger partial charge in [-0.3, -0.25) is 9.35 Å². The first-order chi connectivity index (χ1) is 22.6. The molecular weight excluding hydrogens is 621 g/mol. The van der Waals surface area contributed by atoms with Gasteiger partial charge in [-0.05, 0) is 68.8 Å². The van der Waals surface area contributed by atoms with E-state index in [0.717, 1.165) is 33.5 Å². The van der Waals surface area contributed by atoms with E-state index in [9.17, 15) is 13.2 Å². The molecule has 5 aromatic rings. The first-order valence-electron chi connectivity index (χ1n) is 16.2. The Balaban J connectivity index is 1.41. The van der Waals surface area contributed by atoms with Crippen LogP contribution in [0.5, 0.6) is 0 Å². The van der Waals surface area contributed by atoms with Crippen LogP contribution in [0, 0.1) is 0 Å². The summed E-state index contributed by atoms with van der Waals surface area (Å²) in [6.07, 6.45) is 0.617. The standard InChI is InChI=1S/C40H44N2O5S/c1-39(2,3)33-18-14-28(15-19-33)31-8-7-9-32(25-31)37-26-36(42-47-37)35(29-16-20-34(21-17-29)40(4,5)6)24-27-10-12-30(13-11-27)38(43)41-22-23-48(44,45)46/h7-21,25-26,35H,22-24H2,1-6H3,(H,41,43)(H,44,45,46). The van der Waals surface area contributed by atoms with Crippen molar-refractivity contribution >= 4 is 16.0 Å². The highest BCUT2D eigenvalue weighted by Crippen LogP contribution is 2.34. The summed E-state index contributed by atoms with van der Waals surface area (Å²) in [4.78, 5) is 12.5. The molecule has 0 spiro atoms. The van der Waals surface area contributed by atoms with Crippen LogP contribution in [-0.2, 0) is 27.4 Å². The third kappa shape index (κ3) is 8.88. The lowest BCUT2D eigenvalue weighted by Gasteiger charge is -2.21. The molecule has 0 fully saturated rings. The quantitative estimate of drug-likeness (QED) is 0.145. The van der Waals surface area contributed by atoms with Crippen LogP contribution in [0.3, 0.4) is 0 Å². The third-order valence-electron chi connectivity index (χ3n) is 8.60. The number of nitrogens with zero attached hydrogens (tertiary/aromatic N) is 1. The summed E-state index contributed by atoms with van der Waals surface area (Å²) in [5.41, 5.74) is 9.12. The molecule has 0 aliphatic rings. The van der Waals surface area contributed by atoms with E-state index in [1.165, 1.54) is 11.1 Å². The SMILES string of the molecule is CC(C)(C)c1ccc(-c2cccc(-c3cc(C(Cc4ccc(C(=O)NCCS(=O)(=O)O)cc4)c4ccc(C(C)(C)C)cc4)no3)c2)cc1. The second-order valence-electron chi connectivity index (χ2n) is 14.4. The maximum absolute atomic E-state index is 12.5. The molecule has 0 radical (unpaired) electrons. The molecule has 1 aromatic heterocycles. The molecule has 0 saturated carbocycles. The second kappa shape index (κ2) is 13.9. The molecule has 0 saturated heterocycles. The summed E-state index contributed by atoms with van der Waals surface area (Å²) in [7, 11) is -4.15. The van der Waals surface area contributed by atoms with Gasteiger partial charge in [-0.1, -0.05) is 126 Å². The van der Waals surface area contributed by atoms with E-state index in [1.807, 2.05) is 30.3 Å². The molecule has 7 nitrogen and oxygen atoms in total. The van der Waals surface area contributed by atoms with Crippen molar-refractivity contribution in [3.05, 3.63) is 137 Å². The van der Waals surface area contributed by atoms with E-state index >= 15 is 0 Å². The third-order valence-corrected chi connectivity index (χ3v) is 9.32. The number of amides is 1. The van der Waals surface area contributed by atoms with Crippen LogP contribution in [0.1, 0.15) is 85.8 Å². The molecule has 4 aromatic carbocycles. The van der Waals surface area contributed by atoms with Crippen LogP contribution in [0.15, 0.2) is 108 Å². The number of hydrogen-bond donors (Lipinski definition) is 2. The number of carbonyl (C=O) groups excluding carboxylic acids is 1. The highest BCUT2D eigenvalue weighted by Gasteiger charge is 2.22. The molecule has 1 unspecified atom stereocenters. The van der Waals surface area contributed by atoms with Crippen molar-refractivity contribution in [1.29, 1.82) is 0 Å². The molecule has 5 rings (SSSR count). The molecule has 0 aliphatic heterocycles. The van der Waals surface area contributed by atoms with Crippen LogP contribution in [0.4, 0.5) is 0 Å². The lowest BCUT2D eigenvalue weighted by molar-refractivity contribution is 0.0956. The van der Waals surface area contributed by atoms with Crippen LogP contribution in [0.2, 0.25) is 0 Å². The Bertz CT molecular complexity index is 1960. The summed E-state index contributed by atoms with van der Waals surface area (Å²) in [5, 5.41) is 7.09. The minimum Gasteiger partial charge on any atom is -0.356 e. The molecule has 0 aliphatic carbocycles. The largest absolute Gasteiger partial charge is 0.356 e. The van der Waals surface area contributed by atoms with E-state index in [0.29, 0.717) is 17.7 Å². The topological polar surface area (TPSA) is 110 Å². The van der Waals surface area contributed by atoms with Gasteiger partial charge in [-0.15, -0.1) is 0 Å². The molecule has 48 heavy (non-hydrogen) atoms. The summed E-state index contributed by atoms with van der Waals surface area (Å²) in [6, 6.07) is 34.9. The van der Waals surface area contributed by atoms with Crippen molar-refractivity contribution in [3.63, 3.8) is 0 Å². The highest BCUT2D eigenvalue weighted by molar-refractivity contribution is 7.85. The number of hydrogen-bond acceptors (Lipinski definition) is 5. The second-order valence-corrected chi connectivity index (χ2v) is 16.0. The Labute approximate surface area is 284 Å². The molecule has 0 bridgehead atoms. The molecule has 1 atom stereocenters. The number of aromatic nitrogens is 1. The van der Waals surface area contributed by atoms with Crippen LogP contribution < -0.4 is 5.32 Å². The maximum atomic E-state index is 12.5. The van der Waals surface area contributed by atoms with Gasteiger partial charge in [-0.2, -0.15) is 8.42 Å². The van der Waals surface area contributed by atoms with E-state index in [4.69, 9.17) is 9.08 Å². The predicted molar refractivity (Wildman–Crippen MR) is 192 cm³/mol. The fourth-order valence-electron chi connectivity index (χ4n) is 5.64. The van der Waals surface area contributed by atoms with Gasteiger partial charge in [0.1, 0.15) is 0 Å². The summed E-state index contributed by atoms with van der Waals surface area (Å²) < 4.78 is 36.9. The zero-order chi connectivity index (χ0) is 34.7. The van der Waals surface area contributed by atoms with E-state index in [2.05, 4.69) is 113 Å². The van der Waals surface area contributed by atoms with Gasteiger partial charge in [0.15, 0.2) is 5.76 Å². The van der Waals surface area contributed by atoms with Crippen molar-refractivity contribution in [2.24, 2.45) is 0 Å². The molecule has 250 valence electrons. The number of carbonyl (C=O) groups is 1. The van der Waals surface area contributed by atoms with Crippen molar-refractivity contribution in [1.82, 2.24) is 10.5 Å². The summed E-state index contributed by atoms with van der Waals surface area (Å²) in [6.45, 7) is 13.0. The van der Waals surface area contributed by atoms with Gasteiger partial charge >= 0.3 is 0 Å². The van der Waals surface area contributed by atoms with Crippen LogP contribution >= 0.6 is 0 Å². The van der Waals surface area contributed by atoms with E-state index in [1.54, 1.807) is 12.1 Å². The summed E-state index contributed by atoms with van der Waals surface area (Å²) >= 11 is 0. The molecule has 1 heterocycles. The average molecular weight is 665 g/mol. The number of benzene rings is 4. The highest BCUT2D eigenvalue weighted by atomic mass is 32.2. The zero-order valence-corrected chi connectivity index (χ0v) is 29.3. The van der Waals surface area contributed by atoms with Gasteiger partial charge in [-0.25, -0.2) is 0 Å². The minimum atomic E-state index is -4.15. The number of rotatable bonds is 10. The fraction of sp³-hybridized carbons (Fsp3) is 0.300. The maximum Gasteiger partial charge on any atom is 0.266 e. The van der Waals surface area contributed by atoms with Gasteiger partial charge in [0.2, 0.25) is 0 Å². The Kier molecular flexibility index (Phi) is 10.1. The molecule has 1 amide bonds. The Morgan fingerprint density at radius 3 is 1.94 bits per heavy atom. The van der Waals surface area contributed by atoms with Crippen molar-refractivity contribution < 1.29 is 22.3 Å².